The highest BCUT2D eigenvalue weighted by Crippen LogP contribution is 2.23. The normalized spacial score (nSPS) is 18.2. The van der Waals surface area contributed by atoms with Gasteiger partial charge in [-0.3, -0.25) is 4.79 Å². The number of benzene rings is 1. The van der Waals surface area contributed by atoms with Crippen LogP contribution in [-0.4, -0.2) is 38.7 Å². The molecule has 122 valence electrons. The Hall–Kier alpha value is -2.17. The molecule has 1 aliphatic rings. The molecule has 1 amide bonds. The average molecular weight is 312 g/mol. The van der Waals surface area contributed by atoms with Crippen molar-refractivity contribution < 1.29 is 4.79 Å². The highest BCUT2D eigenvalue weighted by Gasteiger charge is 2.27. The van der Waals surface area contributed by atoms with Crippen LogP contribution in [0.5, 0.6) is 0 Å². The topological polar surface area (TPSA) is 51.0 Å². The van der Waals surface area contributed by atoms with E-state index in [0.717, 1.165) is 43.0 Å². The van der Waals surface area contributed by atoms with Crippen molar-refractivity contribution in [2.45, 2.75) is 46.1 Å². The Morgan fingerprint density at radius 3 is 2.61 bits per heavy atom. The molecule has 0 unspecified atom stereocenters. The lowest BCUT2D eigenvalue weighted by molar-refractivity contribution is 0.0671. The van der Waals surface area contributed by atoms with Gasteiger partial charge in [0, 0.05) is 18.7 Å². The van der Waals surface area contributed by atoms with Crippen molar-refractivity contribution in [3.05, 3.63) is 47.0 Å². The van der Waals surface area contributed by atoms with Gasteiger partial charge in [-0.1, -0.05) is 19.1 Å². The Morgan fingerprint density at radius 1 is 1.26 bits per heavy atom. The minimum atomic E-state index is 0.117. The average Bonchev–Trinajstić information content (AvgIpc) is 2.93. The molecule has 1 aromatic carbocycles. The zero-order valence-corrected chi connectivity index (χ0v) is 14.1. The Kier molecular flexibility index (Phi) is 4.46. The number of likely N-dealkylation sites (tertiary alicyclic amines) is 1. The third kappa shape index (κ3) is 3.28. The number of amides is 1. The fourth-order valence-corrected chi connectivity index (χ4v) is 3.29. The third-order valence-electron chi connectivity index (χ3n) is 4.55. The summed E-state index contributed by atoms with van der Waals surface area (Å²) in [6, 6.07) is 8.19. The molecule has 23 heavy (non-hydrogen) atoms. The van der Waals surface area contributed by atoms with E-state index in [-0.39, 0.29) is 11.9 Å². The second kappa shape index (κ2) is 6.52. The van der Waals surface area contributed by atoms with Crippen LogP contribution in [0.3, 0.4) is 0 Å². The summed E-state index contributed by atoms with van der Waals surface area (Å²) < 4.78 is 1.98. The largest absolute Gasteiger partial charge is 0.337 e. The van der Waals surface area contributed by atoms with Gasteiger partial charge in [-0.25, -0.2) is 9.67 Å². The summed E-state index contributed by atoms with van der Waals surface area (Å²) in [4.78, 5) is 19.1. The van der Waals surface area contributed by atoms with Crippen LogP contribution in [0.15, 0.2) is 24.3 Å². The number of aromatic nitrogens is 3. The van der Waals surface area contributed by atoms with Gasteiger partial charge in [-0.05, 0) is 50.8 Å². The summed E-state index contributed by atoms with van der Waals surface area (Å²) >= 11 is 0. The van der Waals surface area contributed by atoms with E-state index in [0.29, 0.717) is 6.54 Å². The number of rotatable bonds is 3. The molecule has 0 aliphatic carbocycles. The van der Waals surface area contributed by atoms with Crippen molar-refractivity contribution >= 4 is 5.91 Å². The Bertz CT molecular complexity index is 690. The van der Waals surface area contributed by atoms with Gasteiger partial charge in [0.05, 0.1) is 6.04 Å². The van der Waals surface area contributed by atoms with E-state index in [1.54, 1.807) is 0 Å². The van der Waals surface area contributed by atoms with Crippen molar-refractivity contribution in [1.29, 1.82) is 0 Å². The molecule has 2 aromatic rings. The maximum Gasteiger partial charge on any atom is 0.253 e. The standard InChI is InChI=1S/C18H24N4O/c1-4-15-7-9-16(10-8-15)18(23)21-11-5-6-17(12-21)22-14(3)19-13(2)20-22/h7-10,17H,4-6,11-12H2,1-3H3/t17-/m0/s1. The van der Waals surface area contributed by atoms with Crippen molar-refractivity contribution in [3.63, 3.8) is 0 Å². The number of carbonyl (C=O) groups excluding carboxylic acids is 1. The van der Waals surface area contributed by atoms with Crippen molar-refractivity contribution in [1.82, 2.24) is 19.7 Å². The molecular weight excluding hydrogens is 288 g/mol. The summed E-state index contributed by atoms with van der Waals surface area (Å²) in [5.41, 5.74) is 2.03. The van der Waals surface area contributed by atoms with Gasteiger partial charge >= 0.3 is 0 Å². The SMILES string of the molecule is CCc1ccc(C(=O)N2CCC[C@H](n3nc(C)nc3C)C2)cc1. The van der Waals surface area contributed by atoms with E-state index in [9.17, 15) is 4.79 Å². The zero-order chi connectivity index (χ0) is 16.4. The number of piperidine rings is 1. The minimum Gasteiger partial charge on any atom is -0.337 e. The first-order chi connectivity index (χ1) is 11.1. The molecule has 1 fully saturated rings. The second-order valence-electron chi connectivity index (χ2n) is 6.25. The molecule has 0 saturated carbocycles. The first-order valence-corrected chi connectivity index (χ1v) is 8.36. The van der Waals surface area contributed by atoms with Crippen LogP contribution in [0.4, 0.5) is 0 Å². The van der Waals surface area contributed by atoms with Gasteiger partial charge in [0.1, 0.15) is 11.6 Å². The molecule has 5 heteroatoms. The molecule has 0 radical (unpaired) electrons. The highest BCUT2D eigenvalue weighted by atomic mass is 16.2. The third-order valence-corrected chi connectivity index (χ3v) is 4.55. The predicted octanol–water partition coefficient (Wildman–Crippen LogP) is 2.93. The van der Waals surface area contributed by atoms with Gasteiger partial charge in [0.25, 0.3) is 5.91 Å². The fourth-order valence-electron chi connectivity index (χ4n) is 3.29. The molecule has 0 spiro atoms. The molecule has 5 nitrogen and oxygen atoms in total. The van der Waals surface area contributed by atoms with Gasteiger partial charge in [0.15, 0.2) is 0 Å². The first-order valence-electron chi connectivity index (χ1n) is 8.36. The Morgan fingerprint density at radius 2 is 2.00 bits per heavy atom. The van der Waals surface area contributed by atoms with Gasteiger partial charge in [-0.15, -0.1) is 0 Å². The predicted molar refractivity (Wildman–Crippen MR) is 89.5 cm³/mol. The first kappa shape index (κ1) is 15.7. The number of aryl methyl sites for hydroxylation is 3. The molecule has 3 rings (SSSR count). The lowest BCUT2D eigenvalue weighted by atomic mass is 10.0. The van der Waals surface area contributed by atoms with Crippen molar-refractivity contribution in [3.8, 4) is 0 Å². The van der Waals surface area contributed by atoms with Gasteiger partial charge in [0.2, 0.25) is 0 Å². The van der Waals surface area contributed by atoms with E-state index in [1.165, 1.54) is 5.56 Å². The maximum atomic E-state index is 12.7. The smallest absolute Gasteiger partial charge is 0.253 e. The van der Waals surface area contributed by atoms with E-state index in [4.69, 9.17) is 0 Å². The van der Waals surface area contributed by atoms with Gasteiger partial charge < -0.3 is 4.90 Å². The van der Waals surface area contributed by atoms with Crippen molar-refractivity contribution in [2.75, 3.05) is 13.1 Å². The number of nitrogens with zero attached hydrogens (tertiary/aromatic N) is 4. The summed E-state index contributed by atoms with van der Waals surface area (Å²) in [5.74, 6) is 1.84. The second-order valence-corrected chi connectivity index (χ2v) is 6.25. The lowest BCUT2D eigenvalue weighted by Crippen LogP contribution is -2.41. The quantitative estimate of drug-likeness (QED) is 0.875. The number of hydrogen-bond donors (Lipinski definition) is 0. The monoisotopic (exact) mass is 312 g/mol. The minimum absolute atomic E-state index is 0.117. The maximum absolute atomic E-state index is 12.7. The molecule has 1 aromatic heterocycles. The Balaban J connectivity index is 1.74. The van der Waals surface area contributed by atoms with E-state index in [1.807, 2.05) is 47.7 Å². The Labute approximate surface area is 137 Å². The van der Waals surface area contributed by atoms with Crippen LogP contribution in [0.25, 0.3) is 0 Å². The summed E-state index contributed by atoms with van der Waals surface area (Å²) in [7, 11) is 0. The van der Waals surface area contributed by atoms with Crippen LogP contribution in [0, 0.1) is 13.8 Å². The molecule has 0 N–H and O–H groups in total. The highest BCUT2D eigenvalue weighted by molar-refractivity contribution is 5.94. The van der Waals surface area contributed by atoms with E-state index in [2.05, 4.69) is 17.0 Å². The van der Waals surface area contributed by atoms with Crippen LogP contribution in [-0.2, 0) is 6.42 Å². The number of hydrogen-bond acceptors (Lipinski definition) is 3. The summed E-state index contributed by atoms with van der Waals surface area (Å²) in [5, 5.41) is 4.49. The van der Waals surface area contributed by atoms with Crippen LogP contribution in [0.1, 0.15) is 53.4 Å². The number of carbonyl (C=O) groups is 1. The van der Waals surface area contributed by atoms with Crippen LogP contribution < -0.4 is 0 Å². The van der Waals surface area contributed by atoms with Crippen LogP contribution in [0.2, 0.25) is 0 Å². The van der Waals surface area contributed by atoms with Crippen LogP contribution >= 0.6 is 0 Å². The van der Waals surface area contributed by atoms with Crippen molar-refractivity contribution in [2.24, 2.45) is 0 Å². The molecular formula is C18H24N4O. The molecule has 1 aliphatic heterocycles. The molecule has 0 bridgehead atoms. The lowest BCUT2D eigenvalue weighted by Gasteiger charge is -2.33. The summed E-state index contributed by atoms with van der Waals surface area (Å²) in [6.07, 6.45) is 3.04. The summed E-state index contributed by atoms with van der Waals surface area (Å²) in [6.45, 7) is 7.53. The van der Waals surface area contributed by atoms with E-state index < -0.39 is 0 Å². The molecule has 1 saturated heterocycles. The fraction of sp³-hybridized carbons (Fsp3) is 0.500. The molecule has 1 atom stereocenters. The molecule has 2 heterocycles. The van der Waals surface area contributed by atoms with Gasteiger partial charge in [-0.2, -0.15) is 5.10 Å². The van der Waals surface area contributed by atoms with E-state index >= 15 is 0 Å². The zero-order valence-electron chi connectivity index (χ0n) is 14.1.